The second-order valence-electron chi connectivity index (χ2n) is 7.09. The number of ether oxygens (including phenoxy) is 2. The highest BCUT2D eigenvalue weighted by atomic mass is 16.5. The molecule has 0 spiro atoms. The van der Waals surface area contributed by atoms with Crippen molar-refractivity contribution in [3.8, 4) is 0 Å². The zero-order valence-corrected chi connectivity index (χ0v) is 17.8. The molecule has 1 atom stereocenters. The van der Waals surface area contributed by atoms with Gasteiger partial charge in [0.25, 0.3) is 11.5 Å². The molecule has 0 radical (unpaired) electrons. The van der Waals surface area contributed by atoms with Crippen LogP contribution in [0.4, 0.5) is 0 Å². The maximum atomic E-state index is 12.5. The molecule has 1 aromatic carbocycles. The van der Waals surface area contributed by atoms with Gasteiger partial charge in [-0.25, -0.2) is 9.78 Å². The number of aromatic nitrogens is 3. The molecular weight excluding hydrogens is 416 g/mol. The number of rotatable bonds is 9. The van der Waals surface area contributed by atoms with Crippen LogP contribution >= 0.6 is 0 Å². The molecule has 32 heavy (non-hydrogen) atoms. The van der Waals surface area contributed by atoms with Crippen molar-refractivity contribution in [1.82, 2.24) is 19.9 Å². The number of esters is 2. The van der Waals surface area contributed by atoms with Crippen molar-refractivity contribution in [2.45, 2.75) is 31.8 Å². The van der Waals surface area contributed by atoms with Gasteiger partial charge in [0.2, 0.25) is 0 Å². The largest absolute Gasteiger partial charge is 0.469 e. The highest BCUT2D eigenvalue weighted by Crippen LogP contribution is 2.09. The van der Waals surface area contributed by atoms with Gasteiger partial charge in [0.15, 0.2) is 0 Å². The van der Waals surface area contributed by atoms with E-state index in [0.717, 1.165) is 5.56 Å². The lowest BCUT2D eigenvalue weighted by molar-refractivity contribution is -0.144. The summed E-state index contributed by atoms with van der Waals surface area (Å²) in [4.78, 5) is 55.4. The Morgan fingerprint density at radius 3 is 2.56 bits per heavy atom. The number of aryl methyl sites for hydroxylation is 2. The summed E-state index contributed by atoms with van der Waals surface area (Å²) in [6.45, 7) is 0.441. The van der Waals surface area contributed by atoms with Crippen molar-refractivity contribution in [3.63, 3.8) is 0 Å². The van der Waals surface area contributed by atoms with Crippen LogP contribution in [-0.4, -0.2) is 52.6 Å². The van der Waals surface area contributed by atoms with E-state index in [1.165, 1.54) is 20.5 Å². The number of aromatic amines is 1. The lowest BCUT2D eigenvalue weighted by Gasteiger charge is -2.16. The SMILES string of the molecule is COC(=O)CC[C@H](NC(=O)c1ccc(CCn2cnc3[nH]ccc3c2=O)cc1)C(=O)OC. The number of benzene rings is 1. The van der Waals surface area contributed by atoms with Crippen LogP contribution in [0.2, 0.25) is 0 Å². The smallest absolute Gasteiger partial charge is 0.328 e. The number of carbonyl (C=O) groups excluding carboxylic acids is 3. The van der Waals surface area contributed by atoms with Crippen LogP contribution < -0.4 is 10.9 Å². The molecule has 0 aliphatic carbocycles. The van der Waals surface area contributed by atoms with E-state index in [2.05, 4.69) is 20.0 Å². The van der Waals surface area contributed by atoms with Gasteiger partial charge in [-0.1, -0.05) is 12.1 Å². The van der Waals surface area contributed by atoms with Crippen LogP contribution in [-0.2, 0) is 32.0 Å². The van der Waals surface area contributed by atoms with Crippen LogP contribution in [0.5, 0.6) is 0 Å². The summed E-state index contributed by atoms with van der Waals surface area (Å²) in [6.07, 6.45) is 3.79. The Bertz CT molecular complexity index is 1170. The number of carbonyl (C=O) groups is 3. The van der Waals surface area contributed by atoms with Gasteiger partial charge in [0.05, 0.1) is 25.9 Å². The van der Waals surface area contributed by atoms with Crippen molar-refractivity contribution in [2.75, 3.05) is 14.2 Å². The summed E-state index contributed by atoms with van der Waals surface area (Å²) in [5.41, 5.74) is 1.72. The molecule has 3 rings (SSSR count). The highest BCUT2D eigenvalue weighted by Gasteiger charge is 2.23. The molecule has 0 fully saturated rings. The van der Waals surface area contributed by atoms with E-state index in [0.29, 0.717) is 29.6 Å². The zero-order valence-electron chi connectivity index (χ0n) is 17.8. The third kappa shape index (κ3) is 5.39. The van der Waals surface area contributed by atoms with Crippen molar-refractivity contribution >= 4 is 28.9 Å². The molecule has 10 nitrogen and oxygen atoms in total. The van der Waals surface area contributed by atoms with E-state index in [1.54, 1.807) is 41.1 Å². The summed E-state index contributed by atoms with van der Waals surface area (Å²) in [6, 6.07) is 7.56. The molecule has 3 aromatic rings. The average molecular weight is 440 g/mol. The second kappa shape index (κ2) is 10.4. The van der Waals surface area contributed by atoms with Gasteiger partial charge >= 0.3 is 11.9 Å². The first kappa shape index (κ1) is 22.7. The molecule has 0 unspecified atom stereocenters. The van der Waals surface area contributed by atoms with Crippen molar-refractivity contribution < 1.29 is 23.9 Å². The lowest BCUT2D eigenvalue weighted by Crippen LogP contribution is -2.41. The van der Waals surface area contributed by atoms with E-state index in [9.17, 15) is 19.2 Å². The normalized spacial score (nSPS) is 11.7. The summed E-state index contributed by atoms with van der Waals surface area (Å²) >= 11 is 0. The van der Waals surface area contributed by atoms with Crippen molar-refractivity contribution in [1.29, 1.82) is 0 Å². The van der Waals surface area contributed by atoms with Crippen LogP contribution in [0.25, 0.3) is 11.0 Å². The maximum absolute atomic E-state index is 12.5. The van der Waals surface area contributed by atoms with Gasteiger partial charge in [-0.2, -0.15) is 0 Å². The Labute approximate surface area is 183 Å². The molecule has 2 N–H and O–H groups in total. The zero-order chi connectivity index (χ0) is 23.1. The first-order valence-electron chi connectivity index (χ1n) is 10.00. The van der Waals surface area contributed by atoms with Crippen molar-refractivity contribution in [3.05, 3.63) is 64.3 Å². The van der Waals surface area contributed by atoms with E-state index in [1.807, 2.05) is 0 Å². The molecule has 2 aromatic heterocycles. The van der Waals surface area contributed by atoms with E-state index in [-0.39, 0.29) is 18.4 Å². The molecule has 0 aliphatic rings. The fraction of sp³-hybridized carbons (Fsp3) is 0.318. The fourth-order valence-corrected chi connectivity index (χ4v) is 3.20. The Hall–Kier alpha value is -3.95. The molecule has 0 aliphatic heterocycles. The number of methoxy groups -OCH3 is 2. The minimum absolute atomic E-state index is 0.0295. The van der Waals surface area contributed by atoms with Gasteiger partial charge in [0.1, 0.15) is 11.7 Å². The fourth-order valence-electron chi connectivity index (χ4n) is 3.20. The third-order valence-corrected chi connectivity index (χ3v) is 5.06. The molecule has 168 valence electrons. The predicted octanol–water partition coefficient (Wildman–Crippen LogP) is 1.19. The number of hydrogen-bond acceptors (Lipinski definition) is 7. The quantitative estimate of drug-likeness (QED) is 0.478. The Balaban J connectivity index is 1.61. The summed E-state index contributed by atoms with van der Waals surface area (Å²) in [5.74, 6) is -1.59. The third-order valence-electron chi connectivity index (χ3n) is 5.06. The van der Waals surface area contributed by atoms with E-state index >= 15 is 0 Å². The van der Waals surface area contributed by atoms with Gasteiger partial charge in [0, 0.05) is 24.7 Å². The second-order valence-corrected chi connectivity index (χ2v) is 7.09. The summed E-state index contributed by atoms with van der Waals surface area (Å²) in [5, 5.41) is 3.12. The van der Waals surface area contributed by atoms with Crippen LogP contribution in [0.15, 0.2) is 47.7 Å². The van der Waals surface area contributed by atoms with Crippen LogP contribution in [0.1, 0.15) is 28.8 Å². The molecule has 2 heterocycles. The number of H-pyrrole nitrogens is 1. The standard InChI is InChI=1S/C22H24N4O6/c1-31-18(27)8-7-17(22(30)32-2)25-20(28)15-5-3-14(4-6-15)10-12-26-13-24-19-16(21(26)29)9-11-23-19/h3-6,9,11,13,17,23H,7-8,10,12H2,1-2H3,(H,25,28)/t17-/m0/s1. The van der Waals surface area contributed by atoms with E-state index in [4.69, 9.17) is 4.74 Å². The molecule has 10 heteroatoms. The predicted molar refractivity (Wildman–Crippen MR) is 115 cm³/mol. The number of nitrogens with one attached hydrogen (secondary N) is 2. The first-order chi connectivity index (χ1) is 15.4. The topological polar surface area (TPSA) is 132 Å². The Morgan fingerprint density at radius 2 is 1.88 bits per heavy atom. The lowest BCUT2D eigenvalue weighted by atomic mass is 10.1. The van der Waals surface area contributed by atoms with Crippen molar-refractivity contribution in [2.24, 2.45) is 0 Å². The molecular formula is C22H24N4O6. The summed E-state index contributed by atoms with van der Waals surface area (Å²) < 4.78 is 10.8. The average Bonchev–Trinajstić information content (AvgIpc) is 3.30. The van der Waals surface area contributed by atoms with Gasteiger partial charge in [-0.05, 0) is 36.6 Å². The molecule has 1 amide bonds. The minimum Gasteiger partial charge on any atom is -0.469 e. The number of hydrogen-bond donors (Lipinski definition) is 2. The molecule has 0 saturated heterocycles. The van der Waals surface area contributed by atoms with Gasteiger partial charge in [-0.15, -0.1) is 0 Å². The minimum atomic E-state index is -0.964. The Morgan fingerprint density at radius 1 is 1.12 bits per heavy atom. The monoisotopic (exact) mass is 440 g/mol. The number of nitrogens with zero attached hydrogens (tertiary/aromatic N) is 2. The highest BCUT2D eigenvalue weighted by molar-refractivity contribution is 5.96. The number of amides is 1. The van der Waals surface area contributed by atoms with Crippen LogP contribution in [0.3, 0.4) is 0 Å². The summed E-state index contributed by atoms with van der Waals surface area (Å²) in [7, 11) is 2.46. The first-order valence-corrected chi connectivity index (χ1v) is 10.00. The molecule has 0 bridgehead atoms. The Kier molecular flexibility index (Phi) is 7.37. The molecule has 0 saturated carbocycles. The van der Waals surface area contributed by atoms with Crippen LogP contribution in [0, 0.1) is 0 Å². The van der Waals surface area contributed by atoms with Gasteiger partial charge < -0.3 is 19.8 Å². The maximum Gasteiger partial charge on any atom is 0.328 e. The van der Waals surface area contributed by atoms with E-state index < -0.39 is 23.9 Å². The van der Waals surface area contributed by atoms with Gasteiger partial charge in [-0.3, -0.25) is 19.0 Å². The number of fused-ring (bicyclic) bond motifs is 1.